The van der Waals surface area contributed by atoms with Crippen molar-refractivity contribution in [1.29, 1.82) is 0 Å². The number of nitrogens with one attached hydrogen (secondary N) is 2. The zero-order valence-electron chi connectivity index (χ0n) is 16.3. The van der Waals surface area contributed by atoms with Gasteiger partial charge in [-0.05, 0) is 23.9 Å². The van der Waals surface area contributed by atoms with Gasteiger partial charge in [0.2, 0.25) is 0 Å². The first-order chi connectivity index (χ1) is 13.3. The molecule has 1 atom stereocenters. The van der Waals surface area contributed by atoms with Crippen molar-refractivity contribution < 1.29 is 0 Å². The van der Waals surface area contributed by atoms with Crippen molar-refractivity contribution in [3.8, 4) is 0 Å². The fourth-order valence-corrected chi connectivity index (χ4v) is 3.62. The van der Waals surface area contributed by atoms with Crippen LogP contribution in [0, 0.1) is 0 Å². The topological polar surface area (TPSA) is 54.2 Å². The third-order valence-corrected chi connectivity index (χ3v) is 5.43. The maximum absolute atomic E-state index is 4.73. The van der Waals surface area contributed by atoms with Crippen LogP contribution in [-0.2, 0) is 13.1 Å². The Labute approximate surface area is 188 Å². The van der Waals surface area contributed by atoms with Crippen LogP contribution in [0.3, 0.4) is 0 Å². The summed E-state index contributed by atoms with van der Waals surface area (Å²) in [5, 5.41) is 8.89. The lowest BCUT2D eigenvalue weighted by atomic mass is 10.1. The van der Waals surface area contributed by atoms with Gasteiger partial charge in [0.1, 0.15) is 12.4 Å². The van der Waals surface area contributed by atoms with E-state index in [2.05, 4.69) is 75.8 Å². The number of rotatable bonds is 8. The second-order valence-electron chi connectivity index (χ2n) is 6.45. The molecule has 0 bridgehead atoms. The zero-order valence-corrected chi connectivity index (χ0v) is 19.5. The van der Waals surface area contributed by atoms with Gasteiger partial charge in [0.25, 0.3) is 0 Å². The molecule has 3 rings (SSSR count). The molecule has 2 heterocycles. The second kappa shape index (κ2) is 11.9. The van der Waals surface area contributed by atoms with Crippen LogP contribution in [0.1, 0.15) is 36.0 Å². The summed E-state index contributed by atoms with van der Waals surface area (Å²) < 4.78 is 2.15. The summed E-state index contributed by atoms with van der Waals surface area (Å²) in [6.45, 7) is 7.35. The molecule has 1 aromatic carbocycles. The Hall–Kier alpha value is -1.87. The monoisotopic (exact) mass is 509 g/mol. The lowest BCUT2D eigenvalue weighted by Crippen LogP contribution is -2.39. The van der Waals surface area contributed by atoms with Crippen molar-refractivity contribution in [2.75, 3.05) is 13.1 Å². The molecule has 3 aromatic rings. The van der Waals surface area contributed by atoms with Crippen molar-refractivity contribution in [1.82, 2.24) is 20.2 Å². The van der Waals surface area contributed by atoms with E-state index in [1.807, 2.05) is 18.5 Å². The number of aliphatic imine (C=N–C) groups is 1. The number of halogens is 1. The lowest BCUT2D eigenvalue weighted by molar-refractivity contribution is 0.696. The van der Waals surface area contributed by atoms with Crippen molar-refractivity contribution in [3.05, 3.63) is 76.5 Å². The Morgan fingerprint density at radius 2 is 2.00 bits per heavy atom. The van der Waals surface area contributed by atoms with Gasteiger partial charge < -0.3 is 15.2 Å². The number of imidazole rings is 1. The molecule has 0 spiro atoms. The van der Waals surface area contributed by atoms with Crippen LogP contribution in [0.15, 0.2) is 65.2 Å². The smallest absolute Gasteiger partial charge is 0.191 e. The number of guanidine groups is 1. The van der Waals surface area contributed by atoms with Gasteiger partial charge in [-0.25, -0.2) is 9.98 Å². The maximum Gasteiger partial charge on any atom is 0.191 e. The van der Waals surface area contributed by atoms with E-state index < -0.39 is 0 Å². The van der Waals surface area contributed by atoms with Crippen LogP contribution in [0.5, 0.6) is 0 Å². The molecule has 0 radical (unpaired) electrons. The van der Waals surface area contributed by atoms with Crippen molar-refractivity contribution in [2.24, 2.45) is 4.99 Å². The number of thiophene rings is 1. The molecule has 150 valence electrons. The van der Waals surface area contributed by atoms with E-state index in [1.54, 1.807) is 11.3 Å². The molecule has 2 N–H and O–H groups in total. The Morgan fingerprint density at radius 3 is 2.71 bits per heavy atom. The van der Waals surface area contributed by atoms with E-state index >= 15 is 0 Å². The van der Waals surface area contributed by atoms with Crippen molar-refractivity contribution in [2.45, 2.75) is 32.9 Å². The van der Waals surface area contributed by atoms with Gasteiger partial charge in [-0.15, -0.1) is 35.3 Å². The van der Waals surface area contributed by atoms with Gasteiger partial charge in [0.05, 0.1) is 0 Å². The average Bonchev–Trinajstić information content (AvgIpc) is 3.37. The van der Waals surface area contributed by atoms with Crippen LogP contribution < -0.4 is 10.6 Å². The Balaban J connectivity index is 0.00000280. The second-order valence-corrected chi connectivity index (χ2v) is 7.43. The first-order valence-corrected chi connectivity index (χ1v) is 10.2. The van der Waals surface area contributed by atoms with Crippen molar-refractivity contribution >= 4 is 41.3 Å². The summed E-state index contributed by atoms with van der Waals surface area (Å²) in [4.78, 5) is 10.6. The normalized spacial score (nSPS) is 12.3. The van der Waals surface area contributed by atoms with E-state index in [-0.39, 0.29) is 24.0 Å². The molecule has 5 nitrogen and oxygen atoms in total. The summed E-state index contributed by atoms with van der Waals surface area (Å²) in [6.07, 6.45) is 3.85. The fourth-order valence-electron chi connectivity index (χ4n) is 2.83. The molecule has 7 heteroatoms. The number of hydrogen-bond acceptors (Lipinski definition) is 3. The van der Waals surface area contributed by atoms with Crippen molar-refractivity contribution in [3.63, 3.8) is 0 Å². The highest BCUT2D eigenvalue weighted by Crippen LogP contribution is 2.19. The molecule has 28 heavy (non-hydrogen) atoms. The van der Waals surface area contributed by atoms with Crippen LogP contribution in [0.25, 0.3) is 0 Å². The van der Waals surface area contributed by atoms with E-state index in [9.17, 15) is 0 Å². The lowest BCUT2D eigenvalue weighted by Gasteiger charge is -2.15. The molecule has 0 aliphatic heterocycles. The molecule has 0 saturated carbocycles. The van der Waals surface area contributed by atoms with Crippen LogP contribution in [-0.4, -0.2) is 28.6 Å². The molecular weight excluding hydrogens is 481 g/mol. The Kier molecular flexibility index (Phi) is 9.49. The Bertz CT molecular complexity index is 830. The minimum absolute atomic E-state index is 0. The van der Waals surface area contributed by atoms with E-state index in [1.165, 1.54) is 10.4 Å². The SMILES string of the molecule is CCNC(=NCc1nccn1Cc1ccccc1)NCC(C)c1cccs1.I. The predicted molar refractivity (Wildman–Crippen MR) is 129 cm³/mol. The minimum Gasteiger partial charge on any atom is -0.357 e. The summed E-state index contributed by atoms with van der Waals surface area (Å²) in [7, 11) is 0. The third-order valence-electron chi connectivity index (χ3n) is 4.32. The standard InChI is InChI=1S/C21H27N5S.HI/c1-3-22-21(24-14-17(2)19-10-7-13-27-19)25-15-20-23-11-12-26(20)16-18-8-5-4-6-9-18;/h4-13,17H,3,14-16H2,1-2H3,(H2,22,24,25);1H. The highest BCUT2D eigenvalue weighted by Gasteiger charge is 2.08. The van der Waals surface area contributed by atoms with E-state index in [4.69, 9.17) is 4.99 Å². The molecule has 0 amide bonds. The van der Waals surface area contributed by atoms with E-state index in [0.29, 0.717) is 12.5 Å². The van der Waals surface area contributed by atoms with Gasteiger partial charge in [0, 0.05) is 42.8 Å². The molecule has 1 unspecified atom stereocenters. The highest BCUT2D eigenvalue weighted by molar-refractivity contribution is 14.0. The Morgan fingerprint density at radius 1 is 1.18 bits per heavy atom. The maximum atomic E-state index is 4.73. The van der Waals surface area contributed by atoms with Gasteiger partial charge >= 0.3 is 0 Å². The predicted octanol–water partition coefficient (Wildman–Crippen LogP) is 4.47. The van der Waals surface area contributed by atoms with Crippen LogP contribution in [0.4, 0.5) is 0 Å². The highest BCUT2D eigenvalue weighted by atomic mass is 127. The van der Waals surface area contributed by atoms with Crippen LogP contribution >= 0.6 is 35.3 Å². The zero-order chi connectivity index (χ0) is 18.9. The summed E-state index contributed by atoms with van der Waals surface area (Å²) >= 11 is 1.80. The molecule has 0 fully saturated rings. The molecule has 0 aliphatic carbocycles. The summed E-state index contributed by atoms with van der Waals surface area (Å²) in [5.41, 5.74) is 1.26. The van der Waals surface area contributed by atoms with Gasteiger partial charge in [-0.3, -0.25) is 0 Å². The number of benzene rings is 1. The van der Waals surface area contributed by atoms with Gasteiger partial charge in [0.15, 0.2) is 5.96 Å². The first kappa shape index (κ1) is 22.4. The summed E-state index contributed by atoms with van der Waals surface area (Å²) in [5.74, 6) is 2.24. The first-order valence-electron chi connectivity index (χ1n) is 9.35. The van der Waals surface area contributed by atoms with E-state index in [0.717, 1.165) is 31.4 Å². The van der Waals surface area contributed by atoms with Gasteiger partial charge in [-0.2, -0.15) is 0 Å². The number of hydrogen-bond donors (Lipinski definition) is 2. The third kappa shape index (κ3) is 6.63. The molecule has 0 saturated heterocycles. The van der Waals surface area contributed by atoms with Gasteiger partial charge in [-0.1, -0.05) is 43.3 Å². The summed E-state index contributed by atoms with van der Waals surface area (Å²) in [6, 6.07) is 14.7. The fraction of sp³-hybridized carbons (Fsp3) is 0.333. The largest absolute Gasteiger partial charge is 0.357 e. The quantitative estimate of drug-likeness (QED) is 0.268. The van der Waals surface area contributed by atoms with Crippen LogP contribution in [0.2, 0.25) is 0 Å². The molecule has 2 aromatic heterocycles. The molecule has 0 aliphatic rings. The minimum atomic E-state index is 0. The average molecular weight is 509 g/mol. The number of nitrogens with zero attached hydrogens (tertiary/aromatic N) is 3. The number of aromatic nitrogens is 2. The molecular formula is C21H28IN5S.